The number of nitrogens with zero attached hydrogens (tertiary/aromatic N) is 1. The van der Waals surface area contributed by atoms with Gasteiger partial charge < -0.3 is 16.9 Å². The number of rotatable bonds is 2. The Kier molecular flexibility index (Phi) is 5.48. The van der Waals surface area contributed by atoms with Crippen LogP contribution in [0.4, 0.5) is 29.1 Å². The molecular formula is C20H12F4N4S. The van der Waals surface area contributed by atoms with E-state index in [2.05, 4.69) is 29.5 Å². The summed E-state index contributed by atoms with van der Waals surface area (Å²) in [5.74, 6) is 0.0445. The lowest BCUT2D eigenvalue weighted by Gasteiger charge is -2.12. The predicted molar refractivity (Wildman–Crippen MR) is 106 cm³/mol. The molecule has 0 spiro atoms. The van der Waals surface area contributed by atoms with Crippen LogP contribution in [-0.4, -0.2) is 11.2 Å². The van der Waals surface area contributed by atoms with E-state index in [1.807, 2.05) is 0 Å². The third-order valence-corrected chi connectivity index (χ3v) is 4.41. The van der Waals surface area contributed by atoms with Crippen molar-refractivity contribution in [2.24, 2.45) is 0 Å². The fourth-order valence-electron chi connectivity index (χ4n) is 2.56. The molecule has 0 saturated heterocycles. The summed E-state index contributed by atoms with van der Waals surface area (Å²) in [5.41, 5.74) is 9.73. The van der Waals surface area contributed by atoms with Crippen molar-refractivity contribution in [3.63, 3.8) is 0 Å². The lowest BCUT2D eigenvalue weighted by molar-refractivity contribution is 0.508. The molecule has 0 unspecified atom stereocenters. The highest BCUT2D eigenvalue weighted by Crippen LogP contribution is 2.37. The van der Waals surface area contributed by atoms with Crippen LogP contribution in [0.25, 0.3) is 11.1 Å². The van der Waals surface area contributed by atoms with Crippen molar-refractivity contribution in [3.8, 4) is 23.0 Å². The zero-order valence-electron chi connectivity index (χ0n) is 14.5. The van der Waals surface area contributed by atoms with Gasteiger partial charge in [-0.1, -0.05) is 11.8 Å². The van der Waals surface area contributed by atoms with Crippen molar-refractivity contribution in [1.29, 1.82) is 5.41 Å². The first-order valence-corrected chi connectivity index (χ1v) is 8.42. The standard InChI is InChI=1S/C20H12F4N4S/c21-13-3-4-15(29)16(18(13)24)12-6-14(22)11(17(23)19(12)26)2-1-9-5-10(7-25)20(27)28-8-9/h3-8,25,29H,26H2,(H2,27,28). The molecule has 1 heterocycles. The SMILES string of the molecule is N=Cc1cc(C#Cc2c(F)cc(-c3c(S)ccc(F)c3F)c(N)c2F)cnc1N. The maximum absolute atomic E-state index is 14.7. The number of hydrogen-bond donors (Lipinski definition) is 4. The molecular weight excluding hydrogens is 404 g/mol. The molecule has 2 aromatic carbocycles. The van der Waals surface area contributed by atoms with Gasteiger partial charge in [-0.3, -0.25) is 0 Å². The van der Waals surface area contributed by atoms with Crippen molar-refractivity contribution in [3.05, 3.63) is 70.4 Å². The molecule has 0 fully saturated rings. The quantitative estimate of drug-likeness (QED) is 0.166. The van der Waals surface area contributed by atoms with Crippen molar-refractivity contribution in [2.75, 3.05) is 11.5 Å². The van der Waals surface area contributed by atoms with E-state index in [4.69, 9.17) is 16.9 Å². The van der Waals surface area contributed by atoms with E-state index in [1.54, 1.807) is 0 Å². The average Bonchev–Trinajstić information content (AvgIpc) is 2.69. The lowest BCUT2D eigenvalue weighted by atomic mass is 9.99. The Bertz CT molecular complexity index is 1220. The summed E-state index contributed by atoms with van der Waals surface area (Å²) in [6, 6.07) is 4.18. The van der Waals surface area contributed by atoms with Gasteiger partial charge in [-0.25, -0.2) is 22.5 Å². The van der Waals surface area contributed by atoms with Crippen LogP contribution in [0, 0.1) is 40.5 Å². The number of pyridine rings is 1. The summed E-state index contributed by atoms with van der Waals surface area (Å²) in [6.07, 6.45) is 2.24. The number of hydrogen-bond acceptors (Lipinski definition) is 5. The number of nitrogens with two attached hydrogens (primary N) is 2. The van der Waals surface area contributed by atoms with Crippen LogP contribution in [0.15, 0.2) is 35.4 Å². The molecule has 4 nitrogen and oxygen atoms in total. The van der Waals surface area contributed by atoms with Crippen LogP contribution < -0.4 is 11.5 Å². The van der Waals surface area contributed by atoms with Gasteiger partial charge in [-0.15, -0.1) is 12.6 Å². The molecule has 0 bridgehead atoms. The molecule has 146 valence electrons. The fraction of sp³-hybridized carbons (Fsp3) is 0. The van der Waals surface area contributed by atoms with Crippen molar-refractivity contribution < 1.29 is 17.6 Å². The van der Waals surface area contributed by atoms with E-state index >= 15 is 0 Å². The number of aromatic nitrogens is 1. The minimum Gasteiger partial charge on any atom is -0.396 e. The first-order chi connectivity index (χ1) is 13.7. The Hall–Kier alpha value is -3.51. The molecule has 0 atom stereocenters. The largest absolute Gasteiger partial charge is 0.396 e. The fourth-order valence-corrected chi connectivity index (χ4v) is 2.86. The van der Waals surface area contributed by atoms with Gasteiger partial charge in [0.25, 0.3) is 0 Å². The molecule has 0 aliphatic rings. The predicted octanol–water partition coefficient (Wildman–Crippen LogP) is 4.16. The summed E-state index contributed by atoms with van der Waals surface area (Å²) >= 11 is 4.01. The van der Waals surface area contributed by atoms with E-state index in [1.165, 1.54) is 12.3 Å². The maximum atomic E-state index is 14.7. The molecule has 5 N–H and O–H groups in total. The molecule has 1 aromatic heterocycles. The van der Waals surface area contributed by atoms with Crippen LogP contribution in [0.2, 0.25) is 0 Å². The Morgan fingerprint density at radius 1 is 1.00 bits per heavy atom. The second-order valence-corrected chi connectivity index (χ2v) is 6.34. The van der Waals surface area contributed by atoms with E-state index in [0.29, 0.717) is 0 Å². The van der Waals surface area contributed by atoms with Gasteiger partial charge >= 0.3 is 0 Å². The average molecular weight is 416 g/mol. The zero-order chi connectivity index (χ0) is 21.3. The van der Waals surface area contributed by atoms with Crippen LogP contribution in [0.3, 0.4) is 0 Å². The minimum atomic E-state index is -1.33. The van der Waals surface area contributed by atoms with E-state index in [0.717, 1.165) is 24.4 Å². The monoisotopic (exact) mass is 416 g/mol. The highest BCUT2D eigenvalue weighted by atomic mass is 32.1. The zero-order valence-corrected chi connectivity index (χ0v) is 15.4. The Labute approximate surface area is 168 Å². The Morgan fingerprint density at radius 2 is 1.72 bits per heavy atom. The summed E-state index contributed by atoms with van der Waals surface area (Å²) in [5, 5.41) is 7.24. The second kappa shape index (κ2) is 7.85. The molecule has 3 aromatic rings. The number of nitrogen functional groups attached to an aromatic ring is 2. The Morgan fingerprint density at radius 3 is 2.41 bits per heavy atom. The molecule has 0 saturated carbocycles. The number of thiol groups is 1. The first-order valence-electron chi connectivity index (χ1n) is 7.97. The highest BCUT2D eigenvalue weighted by molar-refractivity contribution is 7.80. The summed E-state index contributed by atoms with van der Waals surface area (Å²) in [7, 11) is 0. The van der Waals surface area contributed by atoms with Crippen LogP contribution in [0.1, 0.15) is 16.7 Å². The summed E-state index contributed by atoms with van der Waals surface area (Å²) in [4.78, 5) is 3.79. The number of nitrogens with one attached hydrogen (secondary N) is 1. The smallest absolute Gasteiger partial charge is 0.167 e. The third kappa shape index (κ3) is 3.75. The van der Waals surface area contributed by atoms with Crippen LogP contribution in [-0.2, 0) is 0 Å². The minimum absolute atomic E-state index is 0.0413. The van der Waals surface area contributed by atoms with E-state index in [9.17, 15) is 17.6 Å². The van der Waals surface area contributed by atoms with Gasteiger partial charge in [0, 0.05) is 39.6 Å². The van der Waals surface area contributed by atoms with E-state index < -0.39 is 40.1 Å². The van der Waals surface area contributed by atoms with Gasteiger partial charge in [0.1, 0.15) is 11.6 Å². The molecule has 0 aliphatic carbocycles. The molecule has 29 heavy (non-hydrogen) atoms. The number of anilines is 2. The lowest BCUT2D eigenvalue weighted by Crippen LogP contribution is -2.03. The third-order valence-electron chi connectivity index (χ3n) is 4.04. The number of halogens is 4. The summed E-state index contributed by atoms with van der Waals surface area (Å²) < 4.78 is 57.0. The Balaban J connectivity index is 2.13. The van der Waals surface area contributed by atoms with Gasteiger partial charge in [0.2, 0.25) is 0 Å². The van der Waals surface area contributed by atoms with Crippen LogP contribution >= 0.6 is 12.6 Å². The summed E-state index contributed by atoms with van der Waals surface area (Å²) in [6.45, 7) is 0. The van der Waals surface area contributed by atoms with Gasteiger partial charge in [0.15, 0.2) is 17.5 Å². The van der Waals surface area contributed by atoms with Crippen LogP contribution in [0.5, 0.6) is 0 Å². The van der Waals surface area contributed by atoms with Crippen molar-refractivity contribution >= 4 is 30.3 Å². The second-order valence-electron chi connectivity index (χ2n) is 5.86. The van der Waals surface area contributed by atoms with E-state index in [-0.39, 0.29) is 27.4 Å². The first kappa shape index (κ1) is 20.2. The molecule has 0 radical (unpaired) electrons. The highest BCUT2D eigenvalue weighted by Gasteiger charge is 2.22. The van der Waals surface area contributed by atoms with Crippen molar-refractivity contribution in [2.45, 2.75) is 4.90 Å². The normalized spacial score (nSPS) is 10.4. The topological polar surface area (TPSA) is 88.8 Å². The molecule has 0 aliphatic heterocycles. The maximum Gasteiger partial charge on any atom is 0.167 e. The van der Waals surface area contributed by atoms with Gasteiger partial charge in [0.05, 0.1) is 11.3 Å². The molecule has 9 heteroatoms. The number of benzene rings is 2. The molecule has 3 rings (SSSR count). The van der Waals surface area contributed by atoms with Gasteiger partial charge in [-0.2, -0.15) is 0 Å². The van der Waals surface area contributed by atoms with Gasteiger partial charge in [-0.05, 0) is 24.3 Å². The van der Waals surface area contributed by atoms with Crippen molar-refractivity contribution in [1.82, 2.24) is 4.98 Å². The molecule has 0 amide bonds.